The highest BCUT2D eigenvalue weighted by Gasteiger charge is 2.38. The highest BCUT2D eigenvalue weighted by molar-refractivity contribution is 6.68. The molecule has 0 atom stereocenters. The Morgan fingerprint density at radius 2 is 1.83 bits per heavy atom. The number of carbonyl (C=O) groups excluding carboxylic acids is 1. The van der Waals surface area contributed by atoms with Gasteiger partial charge in [0, 0.05) is 10.9 Å². The number of halogens is 4. The standard InChI is InChI=1S/C11H5ClF3NO2/c12-10(18)7-8(17)5-3-1-2-4-6(5)16-9(7)11(13,14)15/h1-4H,(H,16,17). The van der Waals surface area contributed by atoms with Crippen molar-refractivity contribution in [3.05, 3.63) is 45.7 Å². The molecule has 1 N–H and O–H groups in total. The van der Waals surface area contributed by atoms with Crippen molar-refractivity contribution >= 4 is 27.7 Å². The molecule has 0 unspecified atom stereocenters. The summed E-state index contributed by atoms with van der Waals surface area (Å²) in [6.45, 7) is 0. The highest BCUT2D eigenvalue weighted by atomic mass is 35.5. The second-order valence-corrected chi connectivity index (χ2v) is 3.86. The van der Waals surface area contributed by atoms with Crippen LogP contribution in [0.4, 0.5) is 13.2 Å². The van der Waals surface area contributed by atoms with Gasteiger partial charge in [0.1, 0.15) is 11.3 Å². The molecule has 0 radical (unpaired) electrons. The molecule has 2 rings (SSSR count). The summed E-state index contributed by atoms with van der Waals surface area (Å²) in [6.07, 6.45) is -4.86. The maximum atomic E-state index is 12.7. The largest absolute Gasteiger partial charge is 0.432 e. The van der Waals surface area contributed by atoms with Crippen LogP contribution in [-0.4, -0.2) is 10.2 Å². The van der Waals surface area contributed by atoms with Crippen molar-refractivity contribution in [2.24, 2.45) is 0 Å². The van der Waals surface area contributed by atoms with Crippen molar-refractivity contribution < 1.29 is 18.0 Å². The van der Waals surface area contributed by atoms with Crippen molar-refractivity contribution in [2.45, 2.75) is 6.18 Å². The van der Waals surface area contributed by atoms with Crippen LogP contribution >= 0.6 is 11.6 Å². The number of para-hydroxylation sites is 1. The van der Waals surface area contributed by atoms with Crippen LogP contribution in [0.15, 0.2) is 29.1 Å². The molecule has 0 saturated heterocycles. The van der Waals surface area contributed by atoms with Crippen LogP contribution in [0.5, 0.6) is 0 Å². The number of hydrogen-bond acceptors (Lipinski definition) is 2. The van der Waals surface area contributed by atoms with E-state index in [9.17, 15) is 22.8 Å². The van der Waals surface area contributed by atoms with Gasteiger partial charge >= 0.3 is 6.18 Å². The Balaban J connectivity index is 2.98. The zero-order valence-electron chi connectivity index (χ0n) is 8.64. The van der Waals surface area contributed by atoms with Gasteiger partial charge in [-0.3, -0.25) is 9.59 Å². The van der Waals surface area contributed by atoms with Gasteiger partial charge in [-0.2, -0.15) is 13.2 Å². The Kier molecular flexibility index (Phi) is 2.90. The Morgan fingerprint density at radius 1 is 1.22 bits per heavy atom. The zero-order valence-corrected chi connectivity index (χ0v) is 9.39. The molecule has 0 amide bonds. The SMILES string of the molecule is O=C(Cl)c1c(C(F)(F)F)[nH]c2ccccc2c1=O. The summed E-state index contributed by atoms with van der Waals surface area (Å²) in [5.74, 6) is 0. The molecule has 0 fully saturated rings. The van der Waals surface area contributed by atoms with Crippen LogP contribution in [-0.2, 0) is 6.18 Å². The summed E-state index contributed by atoms with van der Waals surface area (Å²) < 4.78 is 38.2. The Labute approximate surface area is 103 Å². The van der Waals surface area contributed by atoms with Gasteiger partial charge in [0.2, 0.25) is 5.43 Å². The molecule has 0 spiro atoms. The molecule has 2 aromatic rings. The van der Waals surface area contributed by atoms with Crippen LogP contribution in [0.25, 0.3) is 10.9 Å². The van der Waals surface area contributed by atoms with Crippen molar-refractivity contribution in [3.63, 3.8) is 0 Å². The lowest BCUT2D eigenvalue weighted by Gasteiger charge is -2.11. The molecule has 7 heteroatoms. The first-order valence-electron chi connectivity index (χ1n) is 4.74. The molecule has 3 nitrogen and oxygen atoms in total. The fourth-order valence-electron chi connectivity index (χ4n) is 1.64. The fraction of sp³-hybridized carbons (Fsp3) is 0.0909. The zero-order chi connectivity index (χ0) is 13.5. The Morgan fingerprint density at radius 3 is 2.39 bits per heavy atom. The van der Waals surface area contributed by atoms with Gasteiger partial charge in [-0.15, -0.1) is 0 Å². The maximum absolute atomic E-state index is 12.7. The number of fused-ring (bicyclic) bond motifs is 1. The number of alkyl halides is 3. The van der Waals surface area contributed by atoms with E-state index in [1.165, 1.54) is 24.3 Å². The third kappa shape index (κ3) is 1.99. The minimum atomic E-state index is -4.86. The third-order valence-electron chi connectivity index (χ3n) is 2.39. The predicted molar refractivity (Wildman–Crippen MR) is 59.8 cm³/mol. The van der Waals surface area contributed by atoms with Crippen LogP contribution in [0, 0.1) is 0 Å². The fourth-order valence-corrected chi connectivity index (χ4v) is 1.82. The summed E-state index contributed by atoms with van der Waals surface area (Å²) in [4.78, 5) is 24.9. The van der Waals surface area contributed by atoms with E-state index >= 15 is 0 Å². The molecule has 1 heterocycles. The third-order valence-corrected chi connectivity index (χ3v) is 2.58. The molecular formula is C11H5ClF3NO2. The molecule has 1 aromatic heterocycles. The lowest BCUT2D eigenvalue weighted by molar-refractivity contribution is -0.141. The second-order valence-electron chi connectivity index (χ2n) is 3.52. The number of carbonyl (C=O) groups is 1. The van der Waals surface area contributed by atoms with Gasteiger partial charge in [-0.05, 0) is 23.7 Å². The van der Waals surface area contributed by atoms with Crippen molar-refractivity contribution in [1.82, 2.24) is 4.98 Å². The topological polar surface area (TPSA) is 49.9 Å². The number of H-pyrrole nitrogens is 1. The van der Waals surface area contributed by atoms with E-state index < -0.39 is 28.1 Å². The summed E-state index contributed by atoms with van der Waals surface area (Å²) in [5, 5.41) is -1.45. The quantitative estimate of drug-likeness (QED) is 0.814. The summed E-state index contributed by atoms with van der Waals surface area (Å²) in [6, 6.07) is 5.58. The number of benzene rings is 1. The van der Waals surface area contributed by atoms with E-state index in [1.54, 1.807) is 0 Å². The molecule has 0 saturated carbocycles. The minimum absolute atomic E-state index is 0.00325. The number of hydrogen-bond donors (Lipinski definition) is 1. The average molecular weight is 276 g/mol. The van der Waals surface area contributed by atoms with Gasteiger partial charge in [0.25, 0.3) is 5.24 Å². The van der Waals surface area contributed by atoms with E-state index in [0.29, 0.717) is 0 Å². The van der Waals surface area contributed by atoms with Gasteiger partial charge < -0.3 is 4.98 Å². The Hall–Kier alpha value is -1.82. The van der Waals surface area contributed by atoms with E-state index in [0.717, 1.165) is 0 Å². The monoisotopic (exact) mass is 275 g/mol. The van der Waals surface area contributed by atoms with Gasteiger partial charge in [-0.1, -0.05) is 12.1 Å². The molecular weight excluding hydrogens is 271 g/mol. The number of nitrogens with one attached hydrogen (secondary N) is 1. The van der Waals surface area contributed by atoms with Crippen LogP contribution in [0.1, 0.15) is 16.1 Å². The molecule has 0 aliphatic heterocycles. The Bertz CT molecular complexity index is 691. The summed E-state index contributed by atoms with van der Waals surface area (Å²) in [5.41, 5.74) is -3.54. The maximum Gasteiger partial charge on any atom is 0.432 e. The summed E-state index contributed by atoms with van der Waals surface area (Å²) >= 11 is 5.06. The van der Waals surface area contributed by atoms with Gasteiger partial charge in [-0.25, -0.2) is 0 Å². The predicted octanol–water partition coefficient (Wildman–Crippen LogP) is 2.93. The molecule has 94 valence electrons. The number of aromatic nitrogens is 1. The van der Waals surface area contributed by atoms with Crippen molar-refractivity contribution in [1.29, 1.82) is 0 Å². The van der Waals surface area contributed by atoms with Crippen LogP contribution < -0.4 is 5.43 Å². The van der Waals surface area contributed by atoms with E-state index in [2.05, 4.69) is 0 Å². The lowest BCUT2D eigenvalue weighted by Crippen LogP contribution is -2.23. The highest BCUT2D eigenvalue weighted by Crippen LogP contribution is 2.31. The van der Waals surface area contributed by atoms with Crippen LogP contribution in [0.3, 0.4) is 0 Å². The first-order valence-corrected chi connectivity index (χ1v) is 5.12. The first kappa shape index (κ1) is 12.6. The normalized spacial score (nSPS) is 11.8. The second kappa shape index (κ2) is 4.13. The number of pyridine rings is 1. The van der Waals surface area contributed by atoms with Crippen LogP contribution in [0.2, 0.25) is 0 Å². The molecule has 0 bridgehead atoms. The van der Waals surface area contributed by atoms with Crippen molar-refractivity contribution in [3.8, 4) is 0 Å². The molecule has 18 heavy (non-hydrogen) atoms. The summed E-state index contributed by atoms with van der Waals surface area (Å²) in [7, 11) is 0. The molecule has 0 aliphatic carbocycles. The van der Waals surface area contributed by atoms with E-state index in [4.69, 9.17) is 11.6 Å². The first-order chi connectivity index (χ1) is 8.32. The smallest absolute Gasteiger partial charge is 0.350 e. The molecule has 0 aliphatic rings. The van der Waals surface area contributed by atoms with E-state index in [1.807, 2.05) is 4.98 Å². The van der Waals surface area contributed by atoms with Crippen molar-refractivity contribution in [2.75, 3.05) is 0 Å². The number of aromatic amines is 1. The minimum Gasteiger partial charge on any atom is -0.350 e. The van der Waals surface area contributed by atoms with Gasteiger partial charge in [0.05, 0.1) is 0 Å². The number of rotatable bonds is 1. The average Bonchev–Trinajstić information content (AvgIpc) is 2.27. The van der Waals surface area contributed by atoms with E-state index in [-0.39, 0.29) is 10.9 Å². The lowest BCUT2D eigenvalue weighted by atomic mass is 10.1. The van der Waals surface area contributed by atoms with Gasteiger partial charge in [0.15, 0.2) is 0 Å². The molecule has 1 aromatic carbocycles.